The maximum Gasteiger partial charge on any atom is 0.171 e. The summed E-state index contributed by atoms with van der Waals surface area (Å²) in [5.41, 5.74) is 7.09. The minimum absolute atomic E-state index is 0.102. The summed E-state index contributed by atoms with van der Waals surface area (Å²) in [7, 11) is 0. The van der Waals surface area contributed by atoms with Crippen molar-refractivity contribution in [3.63, 3.8) is 0 Å². The van der Waals surface area contributed by atoms with Crippen LogP contribution < -0.4 is 5.73 Å². The van der Waals surface area contributed by atoms with E-state index in [2.05, 4.69) is 5.16 Å². The average Bonchev–Trinajstić information content (AvgIpc) is 2.40. The number of aryl methyl sites for hydroxylation is 1. The molecule has 98 valence electrons. The number of amidine groups is 1. The van der Waals surface area contributed by atoms with Crippen LogP contribution in [0.3, 0.4) is 0 Å². The number of rotatable bonds is 3. The van der Waals surface area contributed by atoms with Crippen molar-refractivity contribution in [2.75, 3.05) is 0 Å². The van der Waals surface area contributed by atoms with Gasteiger partial charge in [-0.3, -0.25) is 0 Å². The molecule has 0 unspecified atom stereocenters. The Labute approximate surface area is 114 Å². The van der Waals surface area contributed by atoms with Crippen molar-refractivity contribution >= 4 is 17.6 Å². The lowest BCUT2D eigenvalue weighted by Gasteiger charge is -2.08. The Morgan fingerprint density at radius 1 is 1.26 bits per heavy atom. The summed E-state index contributed by atoms with van der Waals surface area (Å²) >= 11 is 1.44. The van der Waals surface area contributed by atoms with Gasteiger partial charge in [-0.1, -0.05) is 34.6 Å². The van der Waals surface area contributed by atoms with Crippen LogP contribution in [0.15, 0.2) is 57.4 Å². The second kappa shape index (κ2) is 5.75. The highest BCUT2D eigenvalue weighted by atomic mass is 32.2. The van der Waals surface area contributed by atoms with E-state index in [0.717, 1.165) is 15.4 Å². The Morgan fingerprint density at radius 2 is 2.05 bits per heavy atom. The molecule has 0 radical (unpaired) electrons. The number of benzene rings is 2. The van der Waals surface area contributed by atoms with Gasteiger partial charge in [-0.15, -0.1) is 0 Å². The summed E-state index contributed by atoms with van der Waals surface area (Å²) in [6, 6.07) is 12.2. The topological polar surface area (TPSA) is 58.6 Å². The van der Waals surface area contributed by atoms with Crippen LogP contribution in [0.5, 0.6) is 0 Å². The predicted molar refractivity (Wildman–Crippen MR) is 74.2 cm³/mol. The second-order valence-electron chi connectivity index (χ2n) is 4.04. The van der Waals surface area contributed by atoms with Gasteiger partial charge < -0.3 is 10.9 Å². The van der Waals surface area contributed by atoms with Gasteiger partial charge >= 0.3 is 0 Å². The first kappa shape index (κ1) is 13.4. The van der Waals surface area contributed by atoms with E-state index in [0.29, 0.717) is 5.56 Å². The summed E-state index contributed by atoms with van der Waals surface area (Å²) in [6.45, 7) is 2.00. The summed E-state index contributed by atoms with van der Waals surface area (Å²) in [5.74, 6) is -0.523. The first-order chi connectivity index (χ1) is 9.10. The van der Waals surface area contributed by atoms with E-state index >= 15 is 0 Å². The third-order valence-electron chi connectivity index (χ3n) is 2.54. The minimum atomic E-state index is -0.421. The monoisotopic (exact) mass is 276 g/mol. The van der Waals surface area contributed by atoms with E-state index in [1.807, 2.05) is 31.2 Å². The third kappa shape index (κ3) is 3.26. The Balaban J connectivity index is 2.40. The molecule has 0 aliphatic carbocycles. The summed E-state index contributed by atoms with van der Waals surface area (Å²) in [4.78, 5) is 1.75. The van der Waals surface area contributed by atoms with E-state index in [1.54, 1.807) is 6.07 Å². The van der Waals surface area contributed by atoms with E-state index < -0.39 is 5.82 Å². The van der Waals surface area contributed by atoms with E-state index in [9.17, 15) is 4.39 Å². The van der Waals surface area contributed by atoms with Gasteiger partial charge in [0.05, 0.1) is 0 Å². The molecule has 0 aliphatic rings. The van der Waals surface area contributed by atoms with Gasteiger partial charge in [0, 0.05) is 15.4 Å². The van der Waals surface area contributed by atoms with Crippen LogP contribution in [0.1, 0.15) is 11.1 Å². The van der Waals surface area contributed by atoms with Gasteiger partial charge in [0.15, 0.2) is 5.84 Å². The minimum Gasteiger partial charge on any atom is -0.409 e. The first-order valence-corrected chi connectivity index (χ1v) is 6.44. The molecule has 3 N–H and O–H groups in total. The number of oxime groups is 1. The molecule has 0 heterocycles. The molecule has 19 heavy (non-hydrogen) atoms. The predicted octanol–water partition coefficient (Wildman–Crippen LogP) is 3.38. The van der Waals surface area contributed by atoms with Crippen LogP contribution >= 0.6 is 11.8 Å². The smallest absolute Gasteiger partial charge is 0.171 e. The van der Waals surface area contributed by atoms with Gasteiger partial charge in [0.1, 0.15) is 5.82 Å². The molecule has 0 aromatic heterocycles. The fraction of sp³-hybridized carbons (Fsp3) is 0.0714. The van der Waals surface area contributed by atoms with Crippen LogP contribution in [-0.4, -0.2) is 11.0 Å². The third-order valence-corrected chi connectivity index (χ3v) is 3.61. The highest BCUT2D eigenvalue weighted by Gasteiger charge is 2.10. The van der Waals surface area contributed by atoms with Crippen molar-refractivity contribution in [2.24, 2.45) is 10.9 Å². The number of hydrogen-bond donors (Lipinski definition) is 2. The van der Waals surface area contributed by atoms with Crippen LogP contribution in [0, 0.1) is 12.7 Å². The van der Waals surface area contributed by atoms with Crippen molar-refractivity contribution < 1.29 is 9.60 Å². The first-order valence-electron chi connectivity index (χ1n) is 5.62. The van der Waals surface area contributed by atoms with Crippen molar-refractivity contribution in [3.05, 3.63) is 59.4 Å². The Morgan fingerprint density at radius 3 is 2.74 bits per heavy atom. The van der Waals surface area contributed by atoms with Crippen LogP contribution in [0.2, 0.25) is 0 Å². The van der Waals surface area contributed by atoms with Crippen molar-refractivity contribution in [2.45, 2.75) is 16.7 Å². The maximum atomic E-state index is 13.2. The quantitative estimate of drug-likeness (QED) is 0.391. The summed E-state index contributed by atoms with van der Waals surface area (Å²) < 4.78 is 13.2. The van der Waals surface area contributed by atoms with E-state index in [1.165, 1.54) is 23.9 Å². The van der Waals surface area contributed by atoms with Crippen molar-refractivity contribution in [1.82, 2.24) is 0 Å². The molecule has 0 saturated heterocycles. The van der Waals surface area contributed by atoms with Gasteiger partial charge in [0.2, 0.25) is 0 Å². The number of nitrogens with zero attached hydrogens (tertiary/aromatic N) is 1. The summed E-state index contributed by atoms with van der Waals surface area (Å²) in [6.07, 6.45) is 0. The molecule has 0 atom stereocenters. The number of hydrogen-bond acceptors (Lipinski definition) is 3. The van der Waals surface area contributed by atoms with E-state index in [4.69, 9.17) is 10.9 Å². The molecule has 2 aromatic carbocycles. The molecular formula is C14H13FN2OS. The molecule has 0 fully saturated rings. The largest absolute Gasteiger partial charge is 0.409 e. The molecule has 0 saturated carbocycles. The molecule has 0 amide bonds. The Hall–Kier alpha value is -2.01. The Bertz CT molecular complexity index is 629. The van der Waals surface area contributed by atoms with Gasteiger partial charge in [-0.25, -0.2) is 4.39 Å². The molecule has 2 aromatic rings. The van der Waals surface area contributed by atoms with Gasteiger partial charge in [-0.2, -0.15) is 0 Å². The second-order valence-corrected chi connectivity index (χ2v) is 5.16. The fourth-order valence-electron chi connectivity index (χ4n) is 1.65. The normalized spacial score (nSPS) is 11.6. The van der Waals surface area contributed by atoms with Crippen LogP contribution in [0.4, 0.5) is 4.39 Å². The summed E-state index contributed by atoms with van der Waals surface area (Å²) in [5, 5.41) is 11.7. The lowest BCUT2D eigenvalue weighted by molar-refractivity contribution is 0.318. The van der Waals surface area contributed by atoms with Crippen LogP contribution in [-0.2, 0) is 0 Å². The lowest BCUT2D eigenvalue weighted by Crippen LogP contribution is -2.14. The number of halogens is 1. The molecule has 2 rings (SSSR count). The average molecular weight is 276 g/mol. The highest BCUT2D eigenvalue weighted by Crippen LogP contribution is 2.31. The molecule has 3 nitrogen and oxygen atoms in total. The molecule has 0 spiro atoms. The lowest BCUT2D eigenvalue weighted by atomic mass is 10.2. The standard InChI is InChI=1S/C14H13FN2OS/c1-9-3-2-4-11(7-9)19-13-6-5-10(15)8-12(13)14(16)17-18/h2-8,18H,1H3,(H2,16,17). The zero-order valence-corrected chi connectivity index (χ0v) is 11.1. The number of nitrogens with two attached hydrogens (primary N) is 1. The molecule has 5 heteroatoms. The molecular weight excluding hydrogens is 263 g/mol. The maximum absolute atomic E-state index is 13.2. The van der Waals surface area contributed by atoms with E-state index in [-0.39, 0.29) is 5.84 Å². The van der Waals surface area contributed by atoms with Gasteiger partial charge in [0.25, 0.3) is 0 Å². The van der Waals surface area contributed by atoms with Crippen molar-refractivity contribution in [3.8, 4) is 0 Å². The van der Waals surface area contributed by atoms with Crippen molar-refractivity contribution in [1.29, 1.82) is 0 Å². The SMILES string of the molecule is Cc1cccc(Sc2ccc(F)cc2C(N)=NO)c1. The van der Waals surface area contributed by atoms with Crippen LogP contribution in [0.25, 0.3) is 0 Å². The fourth-order valence-corrected chi connectivity index (χ4v) is 2.71. The molecule has 0 bridgehead atoms. The highest BCUT2D eigenvalue weighted by molar-refractivity contribution is 7.99. The molecule has 0 aliphatic heterocycles. The Kier molecular flexibility index (Phi) is 4.06. The zero-order valence-electron chi connectivity index (χ0n) is 10.3. The van der Waals surface area contributed by atoms with Gasteiger partial charge in [-0.05, 0) is 37.3 Å². The zero-order chi connectivity index (χ0) is 13.8.